The van der Waals surface area contributed by atoms with Crippen molar-refractivity contribution in [1.29, 1.82) is 0 Å². The molecular formula is C18H18N2O. The molecule has 106 valence electrons. The molecule has 21 heavy (non-hydrogen) atoms. The van der Waals surface area contributed by atoms with Crippen molar-refractivity contribution in [2.24, 2.45) is 5.73 Å². The van der Waals surface area contributed by atoms with E-state index >= 15 is 0 Å². The molecule has 1 unspecified atom stereocenters. The molecule has 0 aliphatic rings. The Balaban J connectivity index is 2.04. The Morgan fingerprint density at radius 3 is 2.86 bits per heavy atom. The molecule has 0 saturated heterocycles. The standard InChI is InChI=1S/C18H18N2O/c1-2-21-15-7-3-6-14(11-15)18(19)16-8-4-5-13-9-10-20-12-17(13)16/h3-12,18H,2,19H2,1H3. The zero-order chi connectivity index (χ0) is 14.7. The van der Waals surface area contributed by atoms with Gasteiger partial charge in [-0.25, -0.2) is 0 Å². The molecule has 2 N–H and O–H groups in total. The van der Waals surface area contributed by atoms with Crippen molar-refractivity contribution in [3.05, 3.63) is 72.1 Å². The second-order valence-corrected chi connectivity index (χ2v) is 4.93. The Morgan fingerprint density at radius 2 is 2.00 bits per heavy atom. The third-order valence-electron chi connectivity index (χ3n) is 3.58. The molecule has 0 saturated carbocycles. The summed E-state index contributed by atoms with van der Waals surface area (Å²) in [6, 6.07) is 15.9. The maximum absolute atomic E-state index is 6.46. The first kappa shape index (κ1) is 13.6. The van der Waals surface area contributed by atoms with Gasteiger partial charge >= 0.3 is 0 Å². The van der Waals surface area contributed by atoms with E-state index in [1.165, 1.54) is 0 Å². The highest BCUT2D eigenvalue weighted by atomic mass is 16.5. The van der Waals surface area contributed by atoms with Gasteiger partial charge in [-0.05, 0) is 41.6 Å². The van der Waals surface area contributed by atoms with Gasteiger partial charge in [0, 0.05) is 17.8 Å². The molecule has 1 aromatic heterocycles. The summed E-state index contributed by atoms with van der Waals surface area (Å²) in [4.78, 5) is 4.22. The second-order valence-electron chi connectivity index (χ2n) is 4.93. The summed E-state index contributed by atoms with van der Waals surface area (Å²) < 4.78 is 5.55. The minimum Gasteiger partial charge on any atom is -0.494 e. The van der Waals surface area contributed by atoms with Crippen molar-refractivity contribution in [1.82, 2.24) is 4.98 Å². The molecule has 0 radical (unpaired) electrons. The summed E-state index contributed by atoms with van der Waals surface area (Å²) in [5.74, 6) is 0.851. The van der Waals surface area contributed by atoms with Crippen LogP contribution in [0.1, 0.15) is 24.1 Å². The Hall–Kier alpha value is -2.39. The number of hydrogen-bond donors (Lipinski definition) is 1. The molecule has 0 aliphatic carbocycles. The molecular weight excluding hydrogens is 260 g/mol. The maximum Gasteiger partial charge on any atom is 0.119 e. The van der Waals surface area contributed by atoms with Crippen molar-refractivity contribution in [3.63, 3.8) is 0 Å². The van der Waals surface area contributed by atoms with Crippen LogP contribution in [0, 0.1) is 0 Å². The fraction of sp³-hybridized carbons (Fsp3) is 0.167. The van der Waals surface area contributed by atoms with Crippen LogP contribution in [0.4, 0.5) is 0 Å². The number of ether oxygens (including phenoxy) is 1. The second kappa shape index (κ2) is 5.94. The Kier molecular flexibility index (Phi) is 3.84. The van der Waals surface area contributed by atoms with Crippen LogP contribution in [0.25, 0.3) is 10.8 Å². The first-order chi connectivity index (χ1) is 10.3. The van der Waals surface area contributed by atoms with Crippen LogP contribution in [0.5, 0.6) is 5.75 Å². The summed E-state index contributed by atoms with van der Waals surface area (Å²) in [6.45, 7) is 2.62. The highest BCUT2D eigenvalue weighted by Gasteiger charge is 2.12. The lowest BCUT2D eigenvalue weighted by Gasteiger charge is -2.16. The zero-order valence-corrected chi connectivity index (χ0v) is 12.0. The SMILES string of the molecule is CCOc1cccc(C(N)c2cccc3ccncc23)c1. The largest absolute Gasteiger partial charge is 0.494 e. The molecule has 0 bridgehead atoms. The third kappa shape index (κ3) is 2.73. The lowest BCUT2D eigenvalue weighted by atomic mass is 9.95. The lowest BCUT2D eigenvalue weighted by molar-refractivity contribution is 0.340. The van der Waals surface area contributed by atoms with Crippen LogP contribution < -0.4 is 10.5 Å². The molecule has 3 aromatic rings. The van der Waals surface area contributed by atoms with E-state index in [1.54, 1.807) is 6.20 Å². The first-order valence-electron chi connectivity index (χ1n) is 7.10. The van der Waals surface area contributed by atoms with Gasteiger partial charge in [-0.15, -0.1) is 0 Å². The number of rotatable bonds is 4. The normalized spacial score (nSPS) is 12.3. The van der Waals surface area contributed by atoms with Crippen molar-refractivity contribution < 1.29 is 4.74 Å². The number of aromatic nitrogens is 1. The lowest BCUT2D eigenvalue weighted by Crippen LogP contribution is -2.12. The Labute approximate surface area is 124 Å². The number of hydrogen-bond acceptors (Lipinski definition) is 3. The zero-order valence-electron chi connectivity index (χ0n) is 12.0. The number of fused-ring (bicyclic) bond motifs is 1. The van der Waals surface area contributed by atoms with Crippen LogP contribution in [0.15, 0.2) is 60.9 Å². The van der Waals surface area contributed by atoms with Gasteiger partial charge in [0.05, 0.1) is 12.6 Å². The quantitative estimate of drug-likeness (QED) is 0.792. The van der Waals surface area contributed by atoms with Crippen LogP contribution >= 0.6 is 0 Å². The Morgan fingerprint density at radius 1 is 1.14 bits per heavy atom. The number of nitrogens with zero attached hydrogens (tertiary/aromatic N) is 1. The van der Waals surface area contributed by atoms with E-state index in [0.717, 1.165) is 27.6 Å². The first-order valence-corrected chi connectivity index (χ1v) is 7.10. The van der Waals surface area contributed by atoms with E-state index in [-0.39, 0.29) is 6.04 Å². The smallest absolute Gasteiger partial charge is 0.119 e. The third-order valence-corrected chi connectivity index (χ3v) is 3.58. The van der Waals surface area contributed by atoms with Crippen molar-refractivity contribution in [2.45, 2.75) is 13.0 Å². The fourth-order valence-electron chi connectivity index (χ4n) is 2.55. The van der Waals surface area contributed by atoms with Gasteiger partial charge in [-0.3, -0.25) is 4.98 Å². The number of nitrogens with two attached hydrogens (primary N) is 1. The van der Waals surface area contributed by atoms with E-state index in [0.29, 0.717) is 6.61 Å². The molecule has 2 aromatic carbocycles. The number of benzene rings is 2. The van der Waals surface area contributed by atoms with Crippen molar-refractivity contribution in [2.75, 3.05) is 6.61 Å². The van der Waals surface area contributed by atoms with E-state index in [1.807, 2.05) is 49.5 Å². The average molecular weight is 278 g/mol. The molecule has 1 atom stereocenters. The van der Waals surface area contributed by atoms with Gasteiger partial charge < -0.3 is 10.5 Å². The van der Waals surface area contributed by atoms with Gasteiger partial charge in [-0.1, -0.05) is 30.3 Å². The molecule has 0 aliphatic heterocycles. The molecule has 1 heterocycles. The van der Waals surface area contributed by atoms with E-state index in [4.69, 9.17) is 10.5 Å². The predicted molar refractivity (Wildman–Crippen MR) is 85.4 cm³/mol. The summed E-state index contributed by atoms with van der Waals surface area (Å²) >= 11 is 0. The van der Waals surface area contributed by atoms with E-state index < -0.39 is 0 Å². The fourth-order valence-corrected chi connectivity index (χ4v) is 2.55. The van der Waals surface area contributed by atoms with E-state index in [9.17, 15) is 0 Å². The molecule has 0 amide bonds. The average Bonchev–Trinajstić information content (AvgIpc) is 2.54. The molecule has 3 heteroatoms. The van der Waals surface area contributed by atoms with Crippen molar-refractivity contribution in [3.8, 4) is 5.75 Å². The summed E-state index contributed by atoms with van der Waals surface area (Å²) in [6.07, 6.45) is 3.67. The van der Waals surface area contributed by atoms with E-state index in [2.05, 4.69) is 17.1 Å². The van der Waals surface area contributed by atoms with Crippen LogP contribution in [0.2, 0.25) is 0 Å². The monoisotopic (exact) mass is 278 g/mol. The van der Waals surface area contributed by atoms with Crippen LogP contribution in [0.3, 0.4) is 0 Å². The Bertz CT molecular complexity index is 750. The summed E-state index contributed by atoms with van der Waals surface area (Å²) in [5.41, 5.74) is 8.58. The topological polar surface area (TPSA) is 48.1 Å². The summed E-state index contributed by atoms with van der Waals surface area (Å²) in [7, 11) is 0. The predicted octanol–water partition coefficient (Wildman–Crippen LogP) is 3.68. The van der Waals surface area contributed by atoms with Crippen LogP contribution in [-0.2, 0) is 0 Å². The van der Waals surface area contributed by atoms with Gasteiger partial charge in [0.2, 0.25) is 0 Å². The molecule has 0 fully saturated rings. The molecule has 3 nitrogen and oxygen atoms in total. The van der Waals surface area contributed by atoms with Crippen LogP contribution in [-0.4, -0.2) is 11.6 Å². The highest BCUT2D eigenvalue weighted by Crippen LogP contribution is 2.28. The van der Waals surface area contributed by atoms with Gasteiger partial charge in [0.25, 0.3) is 0 Å². The van der Waals surface area contributed by atoms with Gasteiger partial charge in [0.15, 0.2) is 0 Å². The maximum atomic E-state index is 6.46. The van der Waals surface area contributed by atoms with Crippen molar-refractivity contribution >= 4 is 10.8 Å². The minimum absolute atomic E-state index is 0.196. The summed E-state index contributed by atoms with van der Waals surface area (Å²) in [5, 5.41) is 2.24. The minimum atomic E-state index is -0.196. The van der Waals surface area contributed by atoms with Gasteiger partial charge in [0.1, 0.15) is 5.75 Å². The number of pyridine rings is 1. The molecule has 0 spiro atoms. The molecule has 3 rings (SSSR count). The highest BCUT2D eigenvalue weighted by molar-refractivity contribution is 5.85. The van der Waals surface area contributed by atoms with Gasteiger partial charge in [-0.2, -0.15) is 0 Å².